The summed E-state index contributed by atoms with van der Waals surface area (Å²) >= 11 is 0. The zero-order valence-corrected chi connectivity index (χ0v) is 12.3. The highest BCUT2D eigenvalue weighted by Gasteiger charge is 2.17. The Bertz CT molecular complexity index is 509. The van der Waals surface area contributed by atoms with Crippen LogP contribution in [0.5, 0.6) is 0 Å². The number of carbonyl (C=O) groups is 1. The van der Waals surface area contributed by atoms with E-state index in [1.807, 2.05) is 0 Å². The highest BCUT2D eigenvalue weighted by molar-refractivity contribution is 5.94. The maximum Gasteiger partial charge on any atom is 0.224 e. The van der Waals surface area contributed by atoms with Gasteiger partial charge in [-0.15, -0.1) is 0 Å². The Kier molecular flexibility index (Phi) is 4.28. The Labute approximate surface area is 119 Å². The maximum absolute atomic E-state index is 13.9. The second-order valence-corrected chi connectivity index (χ2v) is 6.14. The Hall–Kier alpha value is -1.62. The summed E-state index contributed by atoms with van der Waals surface area (Å²) < 4.78 is 13.9. The van der Waals surface area contributed by atoms with Gasteiger partial charge >= 0.3 is 0 Å². The average molecular weight is 279 g/mol. The molecule has 0 aromatic heterocycles. The van der Waals surface area contributed by atoms with Crippen LogP contribution in [0.2, 0.25) is 0 Å². The Morgan fingerprint density at radius 3 is 2.70 bits per heavy atom. The fourth-order valence-corrected chi connectivity index (χ4v) is 2.17. The van der Waals surface area contributed by atoms with Crippen LogP contribution >= 0.6 is 0 Å². The molecule has 110 valence electrons. The normalized spacial score (nSPS) is 14.7. The predicted octanol–water partition coefficient (Wildman–Crippen LogP) is 2.51. The number of fused-ring (bicyclic) bond motifs is 1. The fraction of sp³-hybridized carbons (Fsp3) is 0.533. The minimum absolute atomic E-state index is 0.00976. The summed E-state index contributed by atoms with van der Waals surface area (Å²) in [4.78, 5) is 11.4. The molecule has 0 aliphatic carbocycles. The summed E-state index contributed by atoms with van der Waals surface area (Å²) in [6.07, 6.45) is 1.03. The van der Waals surface area contributed by atoms with Crippen molar-refractivity contribution in [2.75, 3.05) is 23.7 Å². The molecular weight excluding hydrogens is 257 g/mol. The molecule has 0 unspecified atom stereocenters. The van der Waals surface area contributed by atoms with E-state index >= 15 is 0 Å². The van der Waals surface area contributed by atoms with Crippen molar-refractivity contribution in [1.29, 1.82) is 0 Å². The summed E-state index contributed by atoms with van der Waals surface area (Å²) in [5.74, 6) is -0.278. The number of rotatable bonds is 4. The van der Waals surface area contributed by atoms with Crippen molar-refractivity contribution in [1.82, 2.24) is 5.32 Å². The minimum atomic E-state index is -0.268. The number of anilines is 2. The summed E-state index contributed by atoms with van der Waals surface area (Å²) in [6.45, 7) is 7.62. The number of amides is 1. The van der Waals surface area contributed by atoms with E-state index in [1.54, 1.807) is 6.07 Å². The second-order valence-electron chi connectivity index (χ2n) is 6.14. The molecule has 0 radical (unpaired) electrons. The van der Waals surface area contributed by atoms with Gasteiger partial charge in [0.15, 0.2) is 0 Å². The molecular formula is C15H22FN3O. The van der Waals surface area contributed by atoms with Gasteiger partial charge in [0.1, 0.15) is 5.82 Å². The lowest BCUT2D eigenvalue weighted by Crippen LogP contribution is -2.38. The fourth-order valence-electron chi connectivity index (χ4n) is 2.17. The van der Waals surface area contributed by atoms with Gasteiger partial charge in [-0.1, -0.05) is 0 Å². The van der Waals surface area contributed by atoms with E-state index in [9.17, 15) is 9.18 Å². The van der Waals surface area contributed by atoms with E-state index in [0.717, 1.165) is 12.1 Å². The van der Waals surface area contributed by atoms with Crippen LogP contribution < -0.4 is 16.0 Å². The van der Waals surface area contributed by atoms with E-state index in [4.69, 9.17) is 0 Å². The minimum Gasteiger partial charge on any atom is -0.381 e. The Morgan fingerprint density at radius 1 is 1.25 bits per heavy atom. The van der Waals surface area contributed by atoms with Gasteiger partial charge in [-0.05, 0) is 44.9 Å². The molecule has 1 heterocycles. The number of halogens is 1. The van der Waals surface area contributed by atoms with Crippen molar-refractivity contribution < 1.29 is 9.18 Å². The number of carbonyl (C=O) groups excluding carboxylic acids is 1. The van der Waals surface area contributed by atoms with Crippen molar-refractivity contribution >= 4 is 17.3 Å². The molecule has 0 spiro atoms. The number of hydrogen-bond donors (Lipinski definition) is 3. The molecule has 0 saturated carbocycles. The van der Waals surface area contributed by atoms with Gasteiger partial charge in [-0.2, -0.15) is 0 Å². The summed E-state index contributed by atoms with van der Waals surface area (Å²) in [5.41, 5.74) is 2.06. The molecule has 3 N–H and O–H groups in total. The highest BCUT2D eigenvalue weighted by atomic mass is 19.1. The molecule has 1 aromatic rings. The van der Waals surface area contributed by atoms with Gasteiger partial charge in [-0.3, -0.25) is 4.79 Å². The lowest BCUT2D eigenvalue weighted by atomic mass is 10.0. The van der Waals surface area contributed by atoms with E-state index in [0.29, 0.717) is 30.8 Å². The van der Waals surface area contributed by atoms with E-state index < -0.39 is 0 Å². The topological polar surface area (TPSA) is 53.2 Å². The molecule has 5 heteroatoms. The van der Waals surface area contributed by atoms with Crippen molar-refractivity contribution in [2.24, 2.45) is 0 Å². The summed E-state index contributed by atoms with van der Waals surface area (Å²) in [7, 11) is 0. The van der Waals surface area contributed by atoms with E-state index in [-0.39, 0.29) is 17.3 Å². The van der Waals surface area contributed by atoms with Gasteiger partial charge in [0.2, 0.25) is 5.91 Å². The molecule has 2 rings (SSSR count). The van der Waals surface area contributed by atoms with E-state index in [2.05, 4.69) is 36.7 Å². The Balaban J connectivity index is 1.98. The molecule has 0 saturated heterocycles. The van der Waals surface area contributed by atoms with Gasteiger partial charge in [0.05, 0.1) is 5.69 Å². The smallest absolute Gasteiger partial charge is 0.224 e. The molecule has 20 heavy (non-hydrogen) atoms. The molecule has 0 fully saturated rings. The second kappa shape index (κ2) is 5.79. The third-order valence-electron chi connectivity index (χ3n) is 3.18. The summed E-state index contributed by atoms with van der Waals surface area (Å²) in [5, 5.41) is 9.17. The van der Waals surface area contributed by atoms with Crippen LogP contribution in [0, 0.1) is 5.82 Å². The lowest BCUT2D eigenvalue weighted by Gasteiger charge is -2.22. The number of hydrogen-bond acceptors (Lipinski definition) is 3. The standard InChI is InChI=1S/C15H22FN3O/c1-15(2,3)18-7-6-17-13-9-12-10(8-11(13)16)4-5-14(20)19-12/h8-9,17-18H,4-7H2,1-3H3,(H,19,20). The zero-order chi connectivity index (χ0) is 14.8. The molecule has 1 amide bonds. The van der Waals surface area contributed by atoms with Crippen LogP contribution in [0.25, 0.3) is 0 Å². The largest absolute Gasteiger partial charge is 0.381 e. The van der Waals surface area contributed by atoms with Crippen LogP contribution in [0.15, 0.2) is 12.1 Å². The van der Waals surface area contributed by atoms with Gasteiger partial charge < -0.3 is 16.0 Å². The Morgan fingerprint density at radius 2 is 2.00 bits per heavy atom. The number of nitrogens with one attached hydrogen (secondary N) is 3. The van der Waals surface area contributed by atoms with Crippen molar-refractivity contribution in [2.45, 2.75) is 39.2 Å². The number of benzene rings is 1. The van der Waals surface area contributed by atoms with Crippen molar-refractivity contribution in [3.8, 4) is 0 Å². The monoisotopic (exact) mass is 279 g/mol. The molecule has 4 nitrogen and oxygen atoms in total. The zero-order valence-electron chi connectivity index (χ0n) is 12.3. The average Bonchev–Trinajstić information content (AvgIpc) is 2.34. The van der Waals surface area contributed by atoms with Crippen molar-refractivity contribution in [3.63, 3.8) is 0 Å². The molecule has 1 aliphatic heterocycles. The van der Waals surface area contributed by atoms with Crippen LogP contribution in [-0.2, 0) is 11.2 Å². The van der Waals surface area contributed by atoms with Gasteiger partial charge in [-0.25, -0.2) is 4.39 Å². The SMILES string of the molecule is CC(C)(C)NCCNc1cc2c(cc1F)CCC(=O)N2. The molecule has 0 bridgehead atoms. The maximum atomic E-state index is 13.9. The van der Waals surface area contributed by atoms with Gasteiger partial charge in [0.25, 0.3) is 0 Å². The van der Waals surface area contributed by atoms with Crippen LogP contribution in [0.1, 0.15) is 32.8 Å². The molecule has 1 aliphatic rings. The third-order valence-corrected chi connectivity index (χ3v) is 3.18. The first-order chi connectivity index (χ1) is 9.35. The summed E-state index contributed by atoms with van der Waals surface area (Å²) in [6, 6.07) is 3.19. The predicted molar refractivity (Wildman–Crippen MR) is 79.6 cm³/mol. The quantitative estimate of drug-likeness (QED) is 0.742. The van der Waals surface area contributed by atoms with Crippen LogP contribution in [-0.4, -0.2) is 24.5 Å². The molecule has 1 aromatic carbocycles. The number of aryl methyl sites for hydroxylation is 1. The first kappa shape index (κ1) is 14.8. The first-order valence-electron chi connectivity index (χ1n) is 6.96. The van der Waals surface area contributed by atoms with Crippen LogP contribution in [0.3, 0.4) is 0 Å². The van der Waals surface area contributed by atoms with E-state index in [1.165, 1.54) is 6.07 Å². The molecule has 0 atom stereocenters. The van der Waals surface area contributed by atoms with Crippen LogP contribution in [0.4, 0.5) is 15.8 Å². The lowest BCUT2D eigenvalue weighted by molar-refractivity contribution is -0.116. The van der Waals surface area contributed by atoms with Gasteiger partial charge in [0, 0.05) is 30.7 Å². The van der Waals surface area contributed by atoms with Crippen molar-refractivity contribution in [3.05, 3.63) is 23.5 Å². The highest BCUT2D eigenvalue weighted by Crippen LogP contribution is 2.28. The third kappa shape index (κ3) is 3.93. The first-order valence-corrected chi connectivity index (χ1v) is 6.96.